The molecule has 0 aliphatic carbocycles. The maximum absolute atomic E-state index is 13.4. The zero-order valence-corrected chi connectivity index (χ0v) is 12.6. The molecule has 1 N–H and O–H groups in total. The van der Waals surface area contributed by atoms with Crippen LogP contribution < -0.4 is 5.32 Å². The Morgan fingerprint density at radius 3 is 3.17 bits per heavy atom. The monoisotopic (exact) mass is 327 g/mol. The molecule has 0 saturated carbocycles. The van der Waals surface area contributed by atoms with Crippen molar-refractivity contribution in [1.82, 2.24) is 24.8 Å². The molecule has 0 spiro atoms. The number of amides is 1. The summed E-state index contributed by atoms with van der Waals surface area (Å²) < 4.78 is 20.9. The predicted octanol–water partition coefficient (Wildman–Crippen LogP) is 1.47. The first-order chi connectivity index (χ1) is 11.7. The van der Waals surface area contributed by atoms with E-state index in [0.717, 1.165) is 11.3 Å². The van der Waals surface area contributed by atoms with Gasteiger partial charge < -0.3 is 14.6 Å². The van der Waals surface area contributed by atoms with E-state index in [1.54, 1.807) is 6.07 Å². The average molecular weight is 327 g/mol. The third kappa shape index (κ3) is 2.61. The topological polar surface area (TPSA) is 81.9 Å². The third-order valence-electron chi connectivity index (χ3n) is 3.93. The van der Waals surface area contributed by atoms with Crippen LogP contribution in [0.1, 0.15) is 22.4 Å². The van der Waals surface area contributed by atoms with Crippen LogP contribution in [0.4, 0.5) is 4.39 Å². The molecule has 0 fully saturated rings. The van der Waals surface area contributed by atoms with Crippen molar-refractivity contribution in [3.63, 3.8) is 0 Å². The highest BCUT2D eigenvalue weighted by Crippen LogP contribution is 2.26. The molecule has 0 radical (unpaired) electrons. The van der Waals surface area contributed by atoms with E-state index in [1.165, 1.54) is 30.7 Å². The summed E-state index contributed by atoms with van der Waals surface area (Å²) in [6.07, 6.45) is 4.39. The standard InChI is InChI=1S/C16H14FN5O2/c17-10-1-2-14-12(5-10)21-15-9-24-8-11(22(14)15)6-20-16(23)13-7-18-3-4-19-13/h1-5,7,11H,6,8-9H2,(H,20,23)/t11-/m0/s1. The summed E-state index contributed by atoms with van der Waals surface area (Å²) in [6, 6.07) is 4.38. The molecule has 0 saturated heterocycles. The van der Waals surface area contributed by atoms with E-state index in [-0.39, 0.29) is 23.5 Å². The zero-order valence-electron chi connectivity index (χ0n) is 12.6. The highest BCUT2D eigenvalue weighted by Gasteiger charge is 2.24. The summed E-state index contributed by atoms with van der Waals surface area (Å²) in [7, 11) is 0. The number of hydrogen-bond acceptors (Lipinski definition) is 5. The molecule has 8 heteroatoms. The van der Waals surface area contributed by atoms with Gasteiger partial charge in [-0.05, 0) is 12.1 Å². The van der Waals surface area contributed by atoms with Crippen LogP contribution in [0, 0.1) is 5.82 Å². The second-order valence-electron chi connectivity index (χ2n) is 5.50. The fraction of sp³-hybridized carbons (Fsp3) is 0.250. The van der Waals surface area contributed by atoms with Crippen LogP contribution in [-0.4, -0.2) is 38.6 Å². The van der Waals surface area contributed by atoms with Crippen molar-refractivity contribution in [3.8, 4) is 0 Å². The summed E-state index contributed by atoms with van der Waals surface area (Å²) in [5.41, 5.74) is 1.67. The Labute approximate surface area is 136 Å². The maximum Gasteiger partial charge on any atom is 0.271 e. The summed E-state index contributed by atoms with van der Waals surface area (Å²) in [6.45, 7) is 1.16. The highest BCUT2D eigenvalue weighted by atomic mass is 19.1. The van der Waals surface area contributed by atoms with Crippen LogP contribution >= 0.6 is 0 Å². The molecule has 7 nitrogen and oxygen atoms in total. The van der Waals surface area contributed by atoms with Crippen molar-refractivity contribution in [2.75, 3.05) is 13.2 Å². The molecule has 3 aromatic rings. The molecule has 3 heterocycles. The van der Waals surface area contributed by atoms with Gasteiger partial charge in [-0.2, -0.15) is 0 Å². The van der Waals surface area contributed by atoms with E-state index in [9.17, 15) is 9.18 Å². The molecule has 1 atom stereocenters. The van der Waals surface area contributed by atoms with E-state index in [1.807, 2.05) is 4.57 Å². The van der Waals surface area contributed by atoms with E-state index in [0.29, 0.717) is 25.3 Å². The Bertz CT molecular complexity index is 896. The average Bonchev–Trinajstić information content (AvgIpc) is 2.98. The van der Waals surface area contributed by atoms with Crippen molar-refractivity contribution in [2.45, 2.75) is 12.6 Å². The second-order valence-corrected chi connectivity index (χ2v) is 5.50. The van der Waals surface area contributed by atoms with Gasteiger partial charge in [0.2, 0.25) is 0 Å². The van der Waals surface area contributed by atoms with E-state index in [2.05, 4.69) is 20.3 Å². The van der Waals surface area contributed by atoms with Crippen molar-refractivity contribution >= 4 is 16.9 Å². The largest absolute Gasteiger partial charge is 0.371 e. The summed E-state index contributed by atoms with van der Waals surface area (Å²) >= 11 is 0. The number of halogens is 1. The molecule has 2 aromatic heterocycles. The van der Waals surface area contributed by atoms with Gasteiger partial charge in [0.25, 0.3) is 5.91 Å². The second kappa shape index (κ2) is 5.97. The van der Waals surface area contributed by atoms with Crippen molar-refractivity contribution in [2.24, 2.45) is 0 Å². The Kier molecular flexibility index (Phi) is 3.66. The molecule has 0 bridgehead atoms. The molecule has 122 valence electrons. The fourth-order valence-electron chi connectivity index (χ4n) is 2.86. The molecule has 1 aromatic carbocycles. The Hall–Kier alpha value is -2.87. The smallest absolute Gasteiger partial charge is 0.271 e. The first-order valence-electron chi connectivity index (χ1n) is 7.50. The van der Waals surface area contributed by atoms with Crippen molar-refractivity contribution < 1.29 is 13.9 Å². The lowest BCUT2D eigenvalue weighted by Gasteiger charge is -2.26. The van der Waals surface area contributed by atoms with E-state index >= 15 is 0 Å². The van der Waals surface area contributed by atoms with Gasteiger partial charge >= 0.3 is 0 Å². The van der Waals surface area contributed by atoms with Crippen molar-refractivity contribution in [1.29, 1.82) is 0 Å². The van der Waals surface area contributed by atoms with Gasteiger partial charge in [0.1, 0.15) is 23.9 Å². The fourth-order valence-corrected chi connectivity index (χ4v) is 2.86. The van der Waals surface area contributed by atoms with E-state index < -0.39 is 0 Å². The molecule has 24 heavy (non-hydrogen) atoms. The summed E-state index contributed by atoms with van der Waals surface area (Å²) in [5, 5.41) is 2.83. The van der Waals surface area contributed by atoms with E-state index in [4.69, 9.17) is 4.74 Å². The number of hydrogen-bond donors (Lipinski definition) is 1. The molecule has 4 rings (SSSR count). The van der Waals surface area contributed by atoms with Gasteiger partial charge in [-0.15, -0.1) is 0 Å². The number of aromatic nitrogens is 4. The first kappa shape index (κ1) is 14.7. The van der Waals surface area contributed by atoms with Gasteiger partial charge in [0.05, 0.1) is 29.9 Å². The number of benzene rings is 1. The molecule has 1 aliphatic heterocycles. The first-order valence-corrected chi connectivity index (χ1v) is 7.50. The van der Waals surface area contributed by atoms with Gasteiger partial charge in [-0.1, -0.05) is 0 Å². The number of carbonyl (C=O) groups is 1. The van der Waals surface area contributed by atoms with Gasteiger partial charge in [-0.25, -0.2) is 14.4 Å². The number of ether oxygens (including phenoxy) is 1. The van der Waals surface area contributed by atoms with Crippen LogP contribution in [0.15, 0.2) is 36.8 Å². The minimum absolute atomic E-state index is 0.121. The summed E-state index contributed by atoms with van der Waals surface area (Å²) in [4.78, 5) is 24.4. The number of nitrogens with one attached hydrogen (secondary N) is 1. The lowest BCUT2D eigenvalue weighted by Crippen LogP contribution is -2.36. The normalized spacial score (nSPS) is 16.8. The minimum Gasteiger partial charge on any atom is -0.371 e. The van der Waals surface area contributed by atoms with Crippen LogP contribution in [0.5, 0.6) is 0 Å². The number of imidazole rings is 1. The molecular formula is C16H14FN5O2. The number of nitrogens with zero attached hydrogens (tertiary/aromatic N) is 4. The maximum atomic E-state index is 13.4. The Morgan fingerprint density at radius 2 is 2.33 bits per heavy atom. The SMILES string of the molecule is O=C(NC[C@H]1COCc2nc3cc(F)ccc3n21)c1cnccn1. The van der Waals surface area contributed by atoms with Gasteiger partial charge in [0.15, 0.2) is 0 Å². The quantitative estimate of drug-likeness (QED) is 0.788. The predicted molar refractivity (Wildman–Crippen MR) is 82.7 cm³/mol. The third-order valence-corrected chi connectivity index (χ3v) is 3.93. The lowest BCUT2D eigenvalue weighted by atomic mass is 10.2. The molecule has 1 aliphatic rings. The Morgan fingerprint density at radius 1 is 1.42 bits per heavy atom. The van der Waals surface area contributed by atoms with Crippen LogP contribution in [0.25, 0.3) is 11.0 Å². The lowest BCUT2D eigenvalue weighted by molar-refractivity contribution is 0.0552. The van der Waals surface area contributed by atoms with Crippen LogP contribution in [-0.2, 0) is 11.3 Å². The van der Waals surface area contributed by atoms with Gasteiger partial charge in [-0.3, -0.25) is 9.78 Å². The number of fused-ring (bicyclic) bond motifs is 3. The van der Waals surface area contributed by atoms with Gasteiger partial charge in [0, 0.05) is 25.0 Å². The minimum atomic E-state index is -0.327. The van der Waals surface area contributed by atoms with Crippen LogP contribution in [0.3, 0.4) is 0 Å². The number of carbonyl (C=O) groups excluding carboxylic acids is 1. The molecular weight excluding hydrogens is 313 g/mol. The Balaban J connectivity index is 1.58. The molecule has 1 amide bonds. The highest BCUT2D eigenvalue weighted by molar-refractivity contribution is 5.91. The number of rotatable bonds is 3. The van der Waals surface area contributed by atoms with Crippen molar-refractivity contribution in [3.05, 3.63) is 54.1 Å². The molecule has 0 unspecified atom stereocenters. The summed E-state index contributed by atoms with van der Waals surface area (Å²) in [5.74, 6) is 0.0951. The van der Waals surface area contributed by atoms with Crippen LogP contribution in [0.2, 0.25) is 0 Å². The zero-order chi connectivity index (χ0) is 16.5.